The molecular weight excluding hydrogens is 282 g/mol. The van der Waals surface area contributed by atoms with Crippen LogP contribution in [0.3, 0.4) is 0 Å². The molecule has 6 heteroatoms. The van der Waals surface area contributed by atoms with Crippen molar-refractivity contribution in [3.63, 3.8) is 0 Å². The summed E-state index contributed by atoms with van der Waals surface area (Å²) in [6.07, 6.45) is 1.85. The Hall–Kier alpha value is -1.48. The summed E-state index contributed by atoms with van der Waals surface area (Å²) in [5.41, 5.74) is -1.73. The van der Waals surface area contributed by atoms with E-state index < -0.39 is 17.1 Å². The molecule has 0 aliphatic heterocycles. The number of rotatable bonds is 8. The summed E-state index contributed by atoms with van der Waals surface area (Å²) in [5.74, 6) is -0.436. The van der Waals surface area contributed by atoms with Crippen molar-refractivity contribution in [1.29, 1.82) is 5.26 Å². The van der Waals surface area contributed by atoms with Crippen molar-refractivity contribution in [3.8, 4) is 6.07 Å². The molecule has 0 saturated heterocycles. The van der Waals surface area contributed by atoms with Gasteiger partial charge in [-0.2, -0.15) is 20.4 Å². The van der Waals surface area contributed by atoms with Gasteiger partial charge in [-0.1, -0.05) is 6.92 Å². The predicted molar refractivity (Wildman–Crippen MR) is 84.0 cm³/mol. The molecule has 0 fully saturated rings. The normalized spacial score (nSPS) is 15.4. The fraction of sp³-hybridized carbons (Fsp3) is 0.875. The van der Waals surface area contributed by atoms with Gasteiger partial charge in [0.05, 0.1) is 11.6 Å². The summed E-state index contributed by atoms with van der Waals surface area (Å²) in [6.45, 7) is 13.1. The average molecular weight is 311 g/mol. The van der Waals surface area contributed by atoms with E-state index in [1.807, 2.05) is 41.5 Å². The van der Waals surface area contributed by atoms with Gasteiger partial charge in [-0.3, -0.25) is 4.89 Å². The van der Waals surface area contributed by atoms with Gasteiger partial charge in [-0.15, -0.1) is 0 Å². The highest BCUT2D eigenvalue weighted by Crippen LogP contribution is 2.21. The van der Waals surface area contributed by atoms with Gasteiger partial charge in [-0.25, -0.2) is 4.79 Å². The Morgan fingerprint density at radius 2 is 1.73 bits per heavy atom. The zero-order valence-corrected chi connectivity index (χ0v) is 14.9. The molecular formula is C16H29N3O3. The van der Waals surface area contributed by atoms with E-state index in [0.29, 0.717) is 12.8 Å². The molecule has 126 valence electrons. The summed E-state index contributed by atoms with van der Waals surface area (Å²) in [4.78, 5) is 21.5. The molecule has 0 amide bonds. The Labute approximate surface area is 133 Å². The molecule has 1 unspecified atom stereocenters. The largest absolute Gasteiger partial charge is 0.342 e. The summed E-state index contributed by atoms with van der Waals surface area (Å²) < 4.78 is 0. The lowest BCUT2D eigenvalue weighted by Crippen LogP contribution is -2.25. The first kappa shape index (κ1) is 20.5. The third-order valence-electron chi connectivity index (χ3n) is 3.07. The van der Waals surface area contributed by atoms with E-state index >= 15 is 0 Å². The van der Waals surface area contributed by atoms with Gasteiger partial charge in [0.1, 0.15) is 5.60 Å². The van der Waals surface area contributed by atoms with E-state index in [-0.39, 0.29) is 12.0 Å². The van der Waals surface area contributed by atoms with Crippen molar-refractivity contribution in [2.45, 2.75) is 90.8 Å². The fourth-order valence-corrected chi connectivity index (χ4v) is 1.23. The Balaban J connectivity index is 4.29. The van der Waals surface area contributed by atoms with E-state index in [1.54, 1.807) is 6.92 Å². The topological polar surface area (TPSA) is 84.0 Å². The minimum atomic E-state index is -0.920. The molecule has 0 aromatic carbocycles. The third-order valence-corrected chi connectivity index (χ3v) is 3.07. The second-order valence-electron chi connectivity index (χ2n) is 7.26. The molecule has 0 spiro atoms. The molecule has 0 N–H and O–H groups in total. The van der Waals surface area contributed by atoms with Crippen LogP contribution >= 0.6 is 0 Å². The number of hydrogen-bond donors (Lipinski definition) is 0. The van der Waals surface area contributed by atoms with E-state index in [0.717, 1.165) is 6.42 Å². The standard InChI is InChI=1S/C16H29N3O3/c1-8-15(5,6)22-21-13(20)10-9-11-16(7,12-17)19-18-14(2,3)4/h8-11H2,1-7H3. The third kappa shape index (κ3) is 9.46. The summed E-state index contributed by atoms with van der Waals surface area (Å²) in [6, 6.07) is 2.15. The van der Waals surface area contributed by atoms with Gasteiger partial charge in [0.2, 0.25) is 0 Å². The Bertz CT molecular complexity index is 433. The van der Waals surface area contributed by atoms with E-state index in [2.05, 4.69) is 16.3 Å². The van der Waals surface area contributed by atoms with Crippen LogP contribution in [-0.4, -0.2) is 22.6 Å². The fourth-order valence-electron chi connectivity index (χ4n) is 1.23. The molecule has 0 aliphatic rings. The van der Waals surface area contributed by atoms with Gasteiger partial charge >= 0.3 is 5.97 Å². The minimum absolute atomic E-state index is 0.183. The summed E-state index contributed by atoms with van der Waals surface area (Å²) in [7, 11) is 0. The predicted octanol–water partition coefficient (Wildman–Crippen LogP) is 4.35. The van der Waals surface area contributed by atoms with Crippen LogP contribution < -0.4 is 0 Å². The molecule has 0 aromatic heterocycles. The number of azo groups is 1. The number of nitriles is 1. The van der Waals surface area contributed by atoms with Crippen molar-refractivity contribution in [2.75, 3.05) is 0 Å². The molecule has 0 saturated carbocycles. The average Bonchev–Trinajstić information content (AvgIpc) is 2.42. The van der Waals surface area contributed by atoms with Gasteiger partial charge in [-0.05, 0) is 60.8 Å². The van der Waals surface area contributed by atoms with Crippen LogP contribution in [0.1, 0.15) is 74.1 Å². The number of hydrogen-bond acceptors (Lipinski definition) is 6. The molecule has 6 nitrogen and oxygen atoms in total. The van der Waals surface area contributed by atoms with Crippen LogP contribution in [-0.2, 0) is 14.6 Å². The highest BCUT2D eigenvalue weighted by molar-refractivity contribution is 5.68. The van der Waals surface area contributed by atoms with Crippen molar-refractivity contribution in [3.05, 3.63) is 0 Å². The lowest BCUT2D eigenvalue weighted by molar-refractivity contribution is -0.325. The summed E-state index contributed by atoms with van der Waals surface area (Å²) in [5, 5.41) is 17.5. The van der Waals surface area contributed by atoms with Gasteiger partial charge in [0.15, 0.2) is 5.54 Å². The van der Waals surface area contributed by atoms with Crippen LogP contribution in [0, 0.1) is 11.3 Å². The molecule has 0 bridgehead atoms. The summed E-state index contributed by atoms with van der Waals surface area (Å²) >= 11 is 0. The van der Waals surface area contributed by atoms with Crippen LogP contribution in [0.5, 0.6) is 0 Å². The van der Waals surface area contributed by atoms with Gasteiger partial charge in [0, 0.05) is 6.42 Å². The zero-order valence-electron chi connectivity index (χ0n) is 14.9. The highest BCUT2D eigenvalue weighted by Gasteiger charge is 2.25. The van der Waals surface area contributed by atoms with Crippen molar-refractivity contribution >= 4 is 5.97 Å². The number of nitrogens with zero attached hydrogens (tertiary/aromatic N) is 3. The Morgan fingerprint density at radius 3 is 2.18 bits per heavy atom. The molecule has 0 radical (unpaired) electrons. The second kappa shape index (κ2) is 8.23. The van der Waals surface area contributed by atoms with Crippen LogP contribution in [0.15, 0.2) is 10.2 Å². The smallest absolute Gasteiger partial charge is 0.298 e. The van der Waals surface area contributed by atoms with Crippen LogP contribution in [0.4, 0.5) is 0 Å². The molecule has 22 heavy (non-hydrogen) atoms. The minimum Gasteiger partial charge on any atom is -0.298 e. The van der Waals surface area contributed by atoms with Crippen molar-refractivity contribution in [1.82, 2.24) is 0 Å². The lowest BCUT2D eigenvalue weighted by atomic mass is 9.98. The van der Waals surface area contributed by atoms with Crippen molar-refractivity contribution < 1.29 is 14.6 Å². The van der Waals surface area contributed by atoms with Crippen molar-refractivity contribution in [2.24, 2.45) is 10.2 Å². The monoisotopic (exact) mass is 311 g/mol. The van der Waals surface area contributed by atoms with Crippen LogP contribution in [0.2, 0.25) is 0 Å². The first-order chi connectivity index (χ1) is 9.93. The molecule has 0 rings (SSSR count). The number of carbonyl (C=O) groups excluding carboxylic acids is 1. The first-order valence-electron chi connectivity index (χ1n) is 7.67. The van der Waals surface area contributed by atoms with Crippen LogP contribution in [0.25, 0.3) is 0 Å². The maximum atomic E-state index is 11.6. The first-order valence-corrected chi connectivity index (χ1v) is 7.67. The van der Waals surface area contributed by atoms with Gasteiger partial charge < -0.3 is 0 Å². The second-order valence-corrected chi connectivity index (χ2v) is 7.26. The molecule has 0 aromatic rings. The van der Waals surface area contributed by atoms with Gasteiger partial charge in [0.25, 0.3) is 0 Å². The maximum Gasteiger partial charge on any atom is 0.342 e. The lowest BCUT2D eigenvalue weighted by Gasteiger charge is -2.21. The van der Waals surface area contributed by atoms with E-state index in [1.165, 1.54) is 0 Å². The Kier molecular flexibility index (Phi) is 7.68. The SMILES string of the molecule is CCC(C)(C)OOC(=O)CCCC(C)(C#N)N=NC(C)(C)C. The molecule has 0 aliphatic carbocycles. The zero-order chi connectivity index (χ0) is 17.4. The number of carbonyl (C=O) groups is 1. The Morgan fingerprint density at radius 1 is 1.14 bits per heavy atom. The van der Waals surface area contributed by atoms with E-state index in [4.69, 9.17) is 9.78 Å². The van der Waals surface area contributed by atoms with E-state index in [9.17, 15) is 10.1 Å². The molecule has 1 atom stereocenters. The highest BCUT2D eigenvalue weighted by atomic mass is 17.2. The quantitative estimate of drug-likeness (QED) is 0.379. The maximum absolute atomic E-state index is 11.6. The molecule has 0 heterocycles.